The number of carbonyl (C=O) groups is 1. The average molecular weight is 392 g/mol. The molecule has 1 aromatic heterocycles. The molecule has 0 aliphatic heterocycles. The molecule has 7 nitrogen and oxygen atoms in total. The van der Waals surface area contributed by atoms with Gasteiger partial charge < -0.3 is 4.42 Å². The summed E-state index contributed by atoms with van der Waals surface area (Å²) in [5.74, 6) is -0.286. The molecule has 3 rings (SSSR count). The van der Waals surface area contributed by atoms with Crippen LogP contribution in [0.15, 0.2) is 57.8 Å². The fourth-order valence-corrected chi connectivity index (χ4v) is 3.24. The van der Waals surface area contributed by atoms with Crippen LogP contribution in [0.25, 0.3) is 11.5 Å². The minimum atomic E-state index is -3.31. The summed E-state index contributed by atoms with van der Waals surface area (Å²) >= 11 is 5.92. The molecule has 1 heterocycles. The molecule has 0 radical (unpaired) electrons. The van der Waals surface area contributed by atoms with Gasteiger partial charge in [-0.2, -0.15) is 0 Å². The lowest BCUT2D eigenvalue weighted by atomic mass is 10.2. The third-order valence-corrected chi connectivity index (χ3v) is 5.56. The molecular formula is C17H14ClN3O4S. The van der Waals surface area contributed by atoms with Crippen LogP contribution in [-0.2, 0) is 9.84 Å². The van der Waals surface area contributed by atoms with Crippen LogP contribution in [-0.4, -0.2) is 30.3 Å². The van der Waals surface area contributed by atoms with Crippen molar-refractivity contribution in [1.82, 2.24) is 10.2 Å². The van der Waals surface area contributed by atoms with Gasteiger partial charge in [-0.25, -0.2) is 8.42 Å². The first-order valence-corrected chi connectivity index (χ1v) is 9.65. The van der Waals surface area contributed by atoms with Gasteiger partial charge in [-0.05, 0) is 42.5 Å². The number of halogens is 1. The maximum Gasteiger partial charge on any atom is 0.322 e. The van der Waals surface area contributed by atoms with E-state index in [-0.39, 0.29) is 28.1 Å². The van der Waals surface area contributed by atoms with Gasteiger partial charge in [0.1, 0.15) is 0 Å². The summed E-state index contributed by atoms with van der Waals surface area (Å²) in [6.07, 6.45) is 0. The molecule has 3 aromatic rings. The van der Waals surface area contributed by atoms with Crippen LogP contribution in [0.2, 0.25) is 5.02 Å². The van der Waals surface area contributed by atoms with E-state index in [0.717, 1.165) is 0 Å². The van der Waals surface area contributed by atoms with E-state index in [1.54, 1.807) is 31.2 Å². The number of hydrogen-bond donors (Lipinski definition) is 1. The molecule has 0 unspecified atom stereocenters. The van der Waals surface area contributed by atoms with Crippen molar-refractivity contribution < 1.29 is 17.6 Å². The average Bonchev–Trinajstić information content (AvgIpc) is 3.10. The Bertz CT molecular complexity index is 1050. The normalized spacial score (nSPS) is 11.3. The number of nitrogens with zero attached hydrogens (tertiary/aromatic N) is 2. The number of hydrogen-bond acceptors (Lipinski definition) is 6. The molecule has 26 heavy (non-hydrogen) atoms. The number of benzene rings is 2. The Labute approximate surface area is 154 Å². The zero-order valence-corrected chi connectivity index (χ0v) is 15.2. The summed E-state index contributed by atoms with van der Waals surface area (Å²) in [6.45, 7) is 1.56. The summed E-state index contributed by atoms with van der Waals surface area (Å²) in [4.78, 5) is 12.4. The molecule has 0 saturated carbocycles. The van der Waals surface area contributed by atoms with Crippen LogP contribution in [0.3, 0.4) is 0 Å². The molecule has 0 bridgehead atoms. The van der Waals surface area contributed by atoms with Crippen LogP contribution in [0.4, 0.5) is 6.01 Å². The number of rotatable bonds is 5. The van der Waals surface area contributed by atoms with Crippen molar-refractivity contribution in [3.8, 4) is 11.5 Å². The van der Waals surface area contributed by atoms with E-state index in [0.29, 0.717) is 10.6 Å². The van der Waals surface area contributed by atoms with Crippen molar-refractivity contribution in [2.24, 2.45) is 0 Å². The maximum absolute atomic E-state index is 12.2. The highest BCUT2D eigenvalue weighted by Gasteiger charge is 2.15. The summed E-state index contributed by atoms with van der Waals surface area (Å²) < 4.78 is 29.0. The van der Waals surface area contributed by atoms with E-state index in [1.807, 2.05) is 0 Å². The monoisotopic (exact) mass is 391 g/mol. The molecule has 0 saturated heterocycles. The minimum absolute atomic E-state index is 0.00714. The number of carbonyl (C=O) groups excluding carboxylic acids is 1. The summed E-state index contributed by atoms with van der Waals surface area (Å²) in [7, 11) is -3.31. The Morgan fingerprint density at radius 2 is 1.88 bits per heavy atom. The molecule has 0 spiro atoms. The Hall–Kier alpha value is -2.71. The first kappa shape index (κ1) is 18.1. The number of nitrogens with one attached hydrogen (secondary N) is 1. The Kier molecular flexibility index (Phi) is 5.06. The molecule has 134 valence electrons. The predicted molar refractivity (Wildman–Crippen MR) is 96.9 cm³/mol. The van der Waals surface area contributed by atoms with E-state index in [4.69, 9.17) is 16.0 Å². The second kappa shape index (κ2) is 7.27. The molecule has 0 fully saturated rings. The van der Waals surface area contributed by atoms with E-state index >= 15 is 0 Å². The Morgan fingerprint density at radius 3 is 2.54 bits per heavy atom. The van der Waals surface area contributed by atoms with Crippen molar-refractivity contribution in [2.45, 2.75) is 11.8 Å². The first-order valence-electron chi connectivity index (χ1n) is 7.62. The minimum Gasteiger partial charge on any atom is -0.403 e. The molecule has 0 aliphatic carbocycles. The molecule has 2 aromatic carbocycles. The van der Waals surface area contributed by atoms with E-state index < -0.39 is 15.7 Å². The summed E-state index contributed by atoms with van der Waals surface area (Å²) in [6, 6.07) is 12.4. The topological polar surface area (TPSA) is 102 Å². The lowest BCUT2D eigenvalue weighted by Gasteiger charge is -2.03. The SMILES string of the molecule is CCS(=O)(=O)c1ccc(C(=O)Nc2nnc(-c3cccc(Cl)c3)o2)cc1. The molecule has 1 amide bonds. The van der Waals surface area contributed by atoms with Crippen LogP contribution in [0.1, 0.15) is 17.3 Å². The number of amides is 1. The number of aromatic nitrogens is 2. The maximum atomic E-state index is 12.2. The highest BCUT2D eigenvalue weighted by Crippen LogP contribution is 2.23. The smallest absolute Gasteiger partial charge is 0.322 e. The Morgan fingerprint density at radius 1 is 1.15 bits per heavy atom. The lowest BCUT2D eigenvalue weighted by molar-refractivity contribution is 0.102. The van der Waals surface area contributed by atoms with E-state index in [9.17, 15) is 13.2 Å². The highest BCUT2D eigenvalue weighted by molar-refractivity contribution is 7.91. The third-order valence-electron chi connectivity index (χ3n) is 3.57. The van der Waals surface area contributed by atoms with E-state index in [1.165, 1.54) is 24.3 Å². The van der Waals surface area contributed by atoms with Gasteiger partial charge in [0.25, 0.3) is 5.91 Å². The van der Waals surface area contributed by atoms with Crippen molar-refractivity contribution in [1.29, 1.82) is 0 Å². The van der Waals surface area contributed by atoms with Crippen LogP contribution in [0.5, 0.6) is 0 Å². The van der Waals surface area contributed by atoms with Crippen molar-refractivity contribution in [3.63, 3.8) is 0 Å². The fraction of sp³-hybridized carbons (Fsp3) is 0.118. The largest absolute Gasteiger partial charge is 0.403 e. The highest BCUT2D eigenvalue weighted by atomic mass is 35.5. The molecule has 0 aliphatic rings. The molecule has 9 heteroatoms. The first-order chi connectivity index (χ1) is 12.4. The van der Waals surface area contributed by atoms with Crippen LogP contribution in [0, 0.1) is 0 Å². The zero-order valence-electron chi connectivity index (χ0n) is 13.6. The third kappa shape index (κ3) is 3.92. The van der Waals surface area contributed by atoms with Gasteiger partial charge in [0, 0.05) is 16.1 Å². The predicted octanol–water partition coefficient (Wildman–Crippen LogP) is 3.44. The number of anilines is 1. The van der Waals surface area contributed by atoms with Crippen LogP contribution < -0.4 is 5.32 Å². The Balaban J connectivity index is 1.74. The number of sulfone groups is 1. The van der Waals surface area contributed by atoms with Crippen molar-refractivity contribution >= 4 is 33.4 Å². The van der Waals surface area contributed by atoms with Gasteiger partial charge in [0.15, 0.2) is 9.84 Å². The van der Waals surface area contributed by atoms with Gasteiger partial charge in [0.2, 0.25) is 5.89 Å². The molecule has 1 N–H and O–H groups in total. The molecule has 0 atom stereocenters. The lowest BCUT2D eigenvalue weighted by Crippen LogP contribution is -2.12. The zero-order chi connectivity index (χ0) is 18.7. The van der Waals surface area contributed by atoms with Gasteiger partial charge in [-0.3, -0.25) is 10.1 Å². The summed E-state index contributed by atoms with van der Waals surface area (Å²) in [5.41, 5.74) is 0.891. The van der Waals surface area contributed by atoms with E-state index in [2.05, 4.69) is 15.5 Å². The fourth-order valence-electron chi connectivity index (χ4n) is 2.16. The standard InChI is InChI=1S/C17H14ClN3O4S/c1-2-26(23,24)14-8-6-11(7-9-14)15(22)19-17-21-20-16(25-17)12-4-3-5-13(18)10-12/h3-10H,2H2,1H3,(H,19,21,22). The quantitative estimate of drug-likeness (QED) is 0.714. The van der Waals surface area contributed by atoms with Gasteiger partial charge >= 0.3 is 6.01 Å². The van der Waals surface area contributed by atoms with Gasteiger partial charge in [-0.15, -0.1) is 5.10 Å². The van der Waals surface area contributed by atoms with Crippen molar-refractivity contribution in [3.05, 3.63) is 59.1 Å². The second-order valence-corrected chi connectivity index (χ2v) is 8.02. The second-order valence-electron chi connectivity index (χ2n) is 5.30. The molecular weight excluding hydrogens is 378 g/mol. The summed E-state index contributed by atoms with van der Waals surface area (Å²) in [5, 5.41) is 10.6. The van der Waals surface area contributed by atoms with Gasteiger partial charge in [-0.1, -0.05) is 29.7 Å². The van der Waals surface area contributed by atoms with Crippen molar-refractivity contribution in [2.75, 3.05) is 11.1 Å². The van der Waals surface area contributed by atoms with Gasteiger partial charge in [0.05, 0.1) is 10.6 Å². The van der Waals surface area contributed by atoms with Crippen LogP contribution >= 0.6 is 11.6 Å².